The van der Waals surface area contributed by atoms with Crippen LogP contribution in [0.4, 0.5) is 0 Å². The summed E-state index contributed by atoms with van der Waals surface area (Å²) in [5.41, 5.74) is 3.17. The molecule has 0 amide bonds. The molecule has 0 spiro atoms. The minimum Gasteiger partial charge on any atom is -0.0845 e. The average Bonchev–Trinajstić information content (AvgIpc) is 2.86. The van der Waals surface area contributed by atoms with Crippen LogP contribution in [0.3, 0.4) is 0 Å². The van der Waals surface area contributed by atoms with E-state index in [2.05, 4.69) is 50.3 Å². The number of hydrogen-bond acceptors (Lipinski definition) is 0. The van der Waals surface area contributed by atoms with Crippen molar-refractivity contribution >= 4 is 0 Å². The van der Waals surface area contributed by atoms with E-state index in [0.29, 0.717) is 5.92 Å². The topological polar surface area (TPSA) is 0 Å². The lowest BCUT2D eigenvalue weighted by Crippen LogP contribution is -2.23. The summed E-state index contributed by atoms with van der Waals surface area (Å²) in [5, 5.41) is 0. The first-order valence-electron chi connectivity index (χ1n) is 14.5. The molecule has 0 radical (unpaired) electrons. The summed E-state index contributed by atoms with van der Waals surface area (Å²) in [6, 6.07) is 9.89. The van der Waals surface area contributed by atoms with Gasteiger partial charge < -0.3 is 0 Å². The Morgan fingerprint density at radius 3 is 1.88 bits per heavy atom. The zero-order valence-corrected chi connectivity index (χ0v) is 21.2. The highest BCUT2D eigenvalue weighted by atomic mass is 14.3. The van der Waals surface area contributed by atoms with E-state index in [9.17, 15) is 0 Å². The van der Waals surface area contributed by atoms with E-state index in [4.69, 9.17) is 0 Å². The predicted octanol–water partition coefficient (Wildman–Crippen LogP) is 10.2. The van der Waals surface area contributed by atoms with Gasteiger partial charge in [-0.2, -0.15) is 0 Å². The van der Waals surface area contributed by atoms with E-state index in [0.717, 1.165) is 29.6 Å². The van der Waals surface area contributed by atoms with Crippen molar-refractivity contribution in [2.45, 2.75) is 128 Å². The summed E-state index contributed by atoms with van der Waals surface area (Å²) in [4.78, 5) is 0. The first kappa shape index (κ1) is 24.1. The van der Waals surface area contributed by atoms with Gasteiger partial charge in [-0.25, -0.2) is 0 Å². The Balaban J connectivity index is 1.23. The van der Waals surface area contributed by atoms with Crippen LogP contribution in [0.25, 0.3) is 0 Å². The molecule has 1 aromatic rings. The number of unbranched alkanes of at least 4 members (excludes halogenated alkanes) is 2. The Morgan fingerprint density at radius 2 is 1.25 bits per heavy atom. The van der Waals surface area contributed by atoms with Crippen molar-refractivity contribution in [3.8, 4) is 0 Å². The van der Waals surface area contributed by atoms with Crippen molar-refractivity contribution in [2.24, 2.45) is 23.7 Å². The van der Waals surface area contributed by atoms with Gasteiger partial charge in [0.25, 0.3) is 0 Å². The number of hydrogen-bond donors (Lipinski definition) is 0. The Kier molecular flexibility index (Phi) is 9.36. The number of allylic oxidation sites excluding steroid dienone is 2. The van der Waals surface area contributed by atoms with Crippen LogP contribution in [-0.4, -0.2) is 0 Å². The fourth-order valence-corrected chi connectivity index (χ4v) is 7.31. The van der Waals surface area contributed by atoms with Crippen molar-refractivity contribution in [1.82, 2.24) is 0 Å². The van der Waals surface area contributed by atoms with Crippen LogP contribution in [0.1, 0.15) is 140 Å². The molecule has 4 rings (SSSR count). The molecule has 0 saturated heterocycles. The van der Waals surface area contributed by atoms with Crippen LogP contribution in [0.5, 0.6) is 0 Å². The van der Waals surface area contributed by atoms with E-state index in [1.165, 1.54) is 103 Å². The third kappa shape index (κ3) is 6.51. The van der Waals surface area contributed by atoms with Crippen molar-refractivity contribution in [1.29, 1.82) is 0 Å². The lowest BCUT2D eigenvalue weighted by atomic mass is 9.70. The molecule has 2 saturated carbocycles. The monoisotopic (exact) mass is 434 g/mol. The van der Waals surface area contributed by atoms with Gasteiger partial charge in [0.1, 0.15) is 0 Å². The third-order valence-electron chi connectivity index (χ3n) is 9.49. The molecule has 32 heavy (non-hydrogen) atoms. The number of rotatable bonds is 9. The van der Waals surface area contributed by atoms with E-state index >= 15 is 0 Å². The predicted molar refractivity (Wildman–Crippen MR) is 140 cm³/mol. The van der Waals surface area contributed by atoms with Gasteiger partial charge in [-0.05, 0) is 92.1 Å². The van der Waals surface area contributed by atoms with E-state index < -0.39 is 0 Å². The minimum atomic E-state index is 0.658. The standard InChI is InChI=1S/C32H50/c1-3-5-6-8-26-11-15-28(16-12-26)30-19-23-32(24-20-30)31-21-17-29(18-22-31)27-13-9-25(7-4-2)10-14-27/h17,19-21,23-29,31H,3-16,18,22H2,1-2H3. The molecule has 2 unspecified atom stereocenters. The normalized spacial score (nSPS) is 33.3. The van der Waals surface area contributed by atoms with E-state index in [1.807, 2.05) is 0 Å². The molecule has 0 aromatic heterocycles. The third-order valence-corrected chi connectivity index (χ3v) is 9.49. The molecule has 2 fully saturated rings. The highest BCUT2D eigenvalue weighted by Gasteiger charge is 2.28. The highest BCUT2D eigenvalue weighted by molar-refractivity contribution is 5.31. The maximum Gasteiger partial charge on any atom is 0.00182 e. The van der Waals surface area contributed by atoms with Gasteiger partial charge in [0.05, 0.1) is 0 Å². The lowest BCUT2D eigenvalue weighted by molar-refractivity contribution is 0.209. The summed E-state index contributed by atoms with van der Waals surface area (Å²) in [6.45, 7) is 4.67. The zero-order valence-electron chi connectivity index (χ0n) is 21.2. The van der Waals surface area contributed by atoms with Crippen LogP contribution < -0.4 is 0 Å². The van der Waals surface area contributed by atoms with Crippen LogP contribution in [0.2, 0.25) is 0 Å². The van der Waals surface area contributed by atoms with Gasteiger partial charge in [0.2, 0.25) is 0 Å². The van der Waals surface area contributed by atoms with Crippen molar-refractivity contribution in [3.63, 3.8) is 0 Å². The largest absolute Gasteiger partial charge is 0.0845 e. The van der Waals surface area contributed by atoms with Gasteiger partial charge in [-0.1, -0.05) is 102 Å². The van der Waals surface area contributed by atoms with Gasteiger partial charge in [0, 0.05) is 5.92 Å². The van der Waals surface area contributed by atoms with Gasteiger partial charge >= 0.3 is 0 Å². The average molecular weight is 435 g/mol. The first-order chi connectivity index (χ1) is 15.8. The quantitative estimate of drug-likeness (QED) is 0.268. The molecule has 3 aliphatic carbocycles. The summed E-state index contributed by atoms with van der Waals surface area (Å²) >= 11 is 0. The van der Waals surface area contributed by atoms with Crippen LogP contribution >= 0.6 is 0 Å². The summed E-state index contributed by atoms with van der Waals surface area (Å²) in [6.07, 6.45) is 28.2. The molecule has 1 aromatic carbocycles. The molecular weight excluding hydrogens is 384 g/mol. The molecule has 178 valence electrons. The van der Waals surface area contributed by atoms with Gasteiger partial charge in [-0.3, -0.25) is 0 Å². The molecule has 0 heteroatoms. The molecule has 0 N–H and O–H groups in total. The second kappa shape index (κ2) is 12.4. The van der Waals surface area contributed by atoms with E-state index in [-0.39, 0.29) is 0 Å². The molecule has 0 nitrogen and oxygen atoms in total. The smallest absolute Gasteiger partial charge is 0.00182 e. The van der Waals surface area contributed by atoms with Crippen molar-refractivity contribution in [2.75, 3.05) is 0 Å². The first-order valence-corrected chi connectivity index (χ1v) is 14.5. The van der Waals surface area contributed by atoms with Gasteiger partial charge in [0.15, 0.2) is 0 Å². The van der Waals surface area contributed by atoms with Crippen LogP contribution in [-0.2, 0) is 0 Å². The zero-order chi connectivity index (χ0) is 22.2. The maximum atomic E-state index is 2.62. The molecule has 0 bridgehead atoms. The van der Waals surface area contributed by atoms with Crippen LogP contribution in [0, 0.1) is 23.7 Å². The Morgan fingerprint density at radius 1 is 0.594 bits per heavy atom. The fraction of sp³-hybridized carbons (Fsp3) is 0.750. The minimum absolute atomic E-state index is 0.658. The second-order valence-corrected chi connectivity index (χ2v) is 11.7. The summed E-state index contributed by atoms with van der Waals surface area (Å²) in [7, 11) is 0. The molecular formula is C32H50. The second-order valence-electron chi connectivity index (χ2n) is 11.7. The Labute approximate surface area is 199 Å². The van der Waals surface area contributed by atoms with Crippen molar-refractivity contribution < 1.29 is 0 Å². The van der Waals surface area contributed by atoms with Gasteiger partial charge in [-0.15, -0.1) is 0 Å². The summed E-state index contributed by atoms with van der Waals surface area (Å²) in [5.74, 6) is 5.36. The Hall–Kier alpha value is -1.04. The van der Waals surface area contributed by atoms with E-state index in [1.54, 1.807) is 11.1 Å². The van der Waals surface area contributed by atoms with Crippen LogP contribution in [0.15, 0.2) is 36.4 Å². The lowest BCUT2D eigenvalue weighted by Gasteiger charge is -2.35. The maximum absolute atomic E-state index is 2.62. The Bertz CT molecular complexity index is 666. The van der Waals surface area contributed by atoms with Crippen molar-refractivity contribution in [3.05, 3.63) is 47.5 Å². The molecule has 0 heterocycles. The molecule has 3 aliphatic rings. The molecule has 0 aliphatic heterocycles. The summed E-state index contributed by atoms with van der Waals surface area (Å²) < 4.78 is 0. The number of benzene rings is 1. The molecule has 2 atom stereocenters. The SMILES string of the molecule is CCCCCC1CCC(c2ccc(C3C=CC(C4CCC(CCC)CC4)CC3)cc2)CC1. The fourth-order valence-electron chi connectivity index (χ4n) is 7.31. The highest BCUT2D eigenvalue weighted by Crippen LogP contribution is 2.42.